The van der Waals surface area contributed by atoms with Crippen LogP contribution in [0.3, 0.4) is 0 Å². The molecule has 0 saturated heterocycles. The van der Waals surface area contributed by atoms with Gasteiger partial charge in [-0.3, -0.25) is 9.10 Å². The van der Waals surface area contributed by atoms with E-state index in [-0.39, 0.29) is 6.54 Å². The Hall–Kier alpha value is -3.71. The lowest BCUT2D eigenvalue weighted by Gasteiger charge is -2.23. The number of fused-ring (bicyclic) bond motifs is 1. The molecule has 5 rings (SSSR count). The van der Waals surface area contributed by atoms with E-state index in [1.54, 1.807) is 18.3 Å². The van der Waals surface area contributed by atoms with Crippen molar-refractivity contribution >= 4 is 49.4 Å². The Balaban J connectivity index is 1.38. The molecule has 0 fully saturated rings. The Labute approximate surface area is 192 Å². The lowest BCUT2D eigenvalue weighted by Crippen LogP contribution is -2.39. The third-order valence-corrected chi connectivity index (χ3v) is 7.15. The van der Waals surface area contributed by atoms with Crippen molar-refractivity contribution in [3.05, 3.63) is 89.5 Å². The molecule has 7 heteroatoms. The summed E-state index contributed by atoms with van der Waals surface area (Å²) in [5.74, 6) is -0.518. The fourth-order valence-corrected chi connectivity index (χ4v) is 5.40. The molecule has 0 spiro atoms. The van der Waals surface area contributed by atoms with Crippen molar-refractivity contribution in [2.45, 2.75) is 12.8 Å². The minimum atomic E-state index is -3.69. The topological polar surface area (TPSA) is 78.8 Å². The van der Waals surface area contributed by atoms with E-state index in [2.05, 4.69) is 28.7 Å². The molecule has 166 valence electrons. The summed E-state index contributed by atoms with van der Waals surface area (Å²) in [7, 11) is -3.69. The van der Waals surface area contributed by atoms with Crippen molar-refractivity contribution in [3.8, 4) is 0 Å². The SMILES string of the molecule is CS(=O)(=O)N(CC(=O)N/N=C\c1ccc2c3c(cccc13)CC2)c1cccc2ccccc12. The molecule has 6 nitrogen and oxygen atoms in total. The van der Waals surface area contributed by atoms with E-state index in [9.17, 15) is 13.2 Å². The van der Waals surface area contributed by atoms with Crippen LogP contribution in [0.5, 0.6) is 0 Å². The number of carbonyl (C=O) groups is 1. The summed E-state index contributed by atoms with van der Waals surface area (Å²) in [6.07, 6.45) is 4.79. The van der Waals surface area contributed by atoms with Gasteiger partial charge in [-0.15, -0.1) is 0 Å². The minimum absolute atomic E-state index is 0.367. The predicted molar refractivity (Wildman–Crippen MR) is 133 cm³/mol. The van der Waals surface area contributed by atoms with Crippen LogP contribution in [0.2, 0.25) is 0 Å². The molecule has 1 N–H and O–H groups in total. The number of sulfonamides is 1. The number of rotatable bonds is 6. The fraction of sp³-hybridized carbons (Fsp3) is 0.154. The van der Waals surface area contributed by atoms with Crippen molar-refractivity contribution < 1.29 is 13.2 Å². The highest BCUT2D eigenvalue weighted by Gasteiger charge is 2.22. The van der Waals surface area contributed by atoms with Crippen LogP contribution < -0.4 is 9.73 Å². The van der Waals surface area contributed by atoms with Crippen molar-refractivity contribution in [1.29, 1.82) is 0 Å². The van der Waals surface area contributed by atoms with Gasteiger partial charge in [-0.1, -0.05) is 66.7 Å². The van der Waals surface area contributed by atoms with Gasteiger partial charge < -0.3 is 0 Å². The first-order valence-corrected chi connectivity index (χ1v) is 12.6. The van der Waals surface area contributed by atoms with Gasteiger partial charge in [0.1, 0.15) is 6.54 Å². The monoisotopic (exact) mass is 457 g/mol. The molecular formula is C26H23N3O3S. The van der Waals surface area contributed by atoms with Crippen LogP contribution in [0, 0.1) is 0 Å². The Morgan fingerprint density at radius 3 is 2.45 bits per heavy atom. The summed E-state index contributed by atoms with van der Waals surface area (Å²) < 4.78 is 26.2. The Bertz CT molecular complexity index is 1510. The number of anilines is 1. The molecule has 0 saturated carbocycles. The highest BCUT2D eigenvalue weighted by molar-refractivity contribution is 7.92. The zero-order valence-corrected chi connectivity index (χ0v) is 19.0. The molecule has 1 aliphatic rings. The number of aryl methyl sites for hydroxylation is 2. The molecule has 0 unspecified atom stereocenters. The minimum Gasteiger partial charge on any atom is -0.271 e. The van der Waals surface area contributed by atoms with E-state index in [4.69, 9.17) is 0 Å². The molecule has 0 radical (unpaired) electrons. The smallest absolute Gasteiger partial charge is 0.260 e. The number of hydrogen-bond donors (Lipinski definition) is 1. The van der Waals surface area contributed by atoms with Crippen LogP contribution in [-0.2, 0) is 27.7 Å². The summed E-state index contributed by atoms with van der Waals surface area (Å²) in [6.45, 7) is -0.367. The second-order valence-electron chi connectivity index (χ2n) is 8.21. The van der Waals surface area contributed by atoms with Crippen molar-refractivity contribution in [2.24, 2.45) is 5.10 Å². The van der Waals surface area contributed by atoms with Gasteiger partial charge in [0.15, 0.2) is 0 Å². The van der Waals surface area contributed by atoms with E-state index in [1.807, 2.05) is 42.5 Å². The molecule has 0 aromatic heterocycles. The average molecular weight is 458 g/mol. The van der Waals surface area contributed by atoms with Gasteiger partial charge in [0, 0.05) is 10.9 Å². The molecule has 0 bridgehead atoms. The van der Waals surface area contributed by atoms with E-state index < -0.39 is 15.9 Å². The summed E-state index contributed by atoms with van der Waals surface area (Å²) >= 11 is 0. The number of benzene rings is 4. The number of nitrogens with zero attached hydrogens (tertiary/aromatic N) is 2. The Kier molecular flexibility index (Phi) is 5.34. The first-order valence-electron chi connectivity index (χ1n) is 10.7. The normalized spacial score (nSPS) is 13.1. The first-order chi connectivity index (χ1) is 15.9. The van der Waals surface area contributed by atoms with Crippen molar-refractivity contribution in [3.63, 3.8) is 0 Å². The van der Waals surface area contributed by atoms with Gasteiger partial charge in [-0.2, -0.15) is 5.10 Å². The van der Waals surface area contributed by atoms with Gasteiger partial charge in [-0.25, -0.2) is 13.8 Å². The third kappa shape index (κ3) is 4.07. The quantitative estimate of drug-likeness (QED) is 0.351. The van der Waals surface area contributed by atoms with E-state index >= 15 is 0 Å². The molecule has 4 aromatic carbocycles. The molecular weight excluding hydrogens is 434 g/mol. The van der Waals surface area contributed by atoms with Crippen LogP contribution in [0.4, 0.5) is 5.69 Å². The third-order valence-electron chi connectivity index (χ3n) is 6.03. The lowest BCUT2D eigenvalue weighted by molar-refractivity contribution is -0.119. The zero-order valence-electron chi connectivity index (χ0n) is 18.2. The van der Waals surface area contributed by atoms with E-state index in [0.717, 1.165) is 45.1 Å². The summed E-state index contributed by atoms with van der Waals surface area (Å²) in [5.41, 5.74) is 6.52. The average Bonchev–Trinajstić information content (AvgIpc) is 3.23. The maximum atomic E-state index is 12.7. The van der Waals surface area contributed by atoms with Crippen LogP contribution in [0.25, 0.3) is 21.5 Å². The number of amides is 1. The molecule has 1 aliphatic carbocycles. The van der Waals surface area contributed by atoms with Gasteiger partial charge in [0.25, 0.3) is 5.91 Å². The number of nitrogens with one attached hydrogen (secondary N) is 1. The Morgan fingerprint density at radius 1 is 0.939 bits per heavy atom. The first kappa shape index (κ1) is 21.2. The number of carbonyl (C=O) groups excluding carboxylic acids is 1. The van der Waals surface area contributed by atoms with Crippen LogP contribution >= 0.6 is 0 Å². The largest absolute Gasteiger partial charge is 0.271 e. The molecule has 0 atom stereocenters. The highest BCUT2D eigenvalue weighted by Crippen LogP contribution is 2.32. The summed E-state index contributed by atoms with van der Waals surface area (Å²) in [4.78, 5) is 12.7. The molecule has 0 heterocycles. The predicted octanol–water partition coefficient (Wildman–Crippen LogP) is 4.01. The zero-order chi connectivity index (χ0) is 23.0. The van der Waals surface area contributed by atoms with Gasteiger partial charge in [-0.05, 0) is 46.2 Å². The highest BCUT2D eigenvalue weighted by atomic mass is 32.2. The lowest BCUT2D eigenvalue weighted by atomic mass is 10.0. The molecule has 1 amide bonds. The number of hydrogen-bond acceptors (Lipinski definition) is 4. The molecule has 4 aromatic rings. The number of hydrazone groups is 1. The van der Waals surface area contributed by atoms with Crippen LogP contribution in [-0.4, -0.2) is 33.3 Å². The maximum absolute atomic E-state index is 12.7. The fourth-order valence-electron chi connectivity index (χ4n) is 4.53. The standard InChI is InChI=1S/C26H23N3O3S/c1-33(31,32)29(24-11-5-7-18-6-2-3-9-22(18)24)17-25(30)28-27-16-21-15-14-20-13-12-19-8-4-10-23(21)26(19)20/h2-11,14-16H,12-13,17H2,1H3,(H,28,30)/b27-16-. The van der Waals surface area contributed by atoms with Gasteiger partial charge in [0.05, 0.1) is 18.2 Å². The van der Waals surface area contributed by atoms with Gasteiger partial charge >= 0.3 is 0 Å². The summed E-state index contributed by atoms with van der Waals surface area (Å²) in [6, 6.07) is 23.2. The van der Waals surface area contributed by atoms with Crippen LogP contribution in [0.15, 0.2) is 77.9 Å². The van der Waals surface area contributed by atoms with E-state index in [0.29, 0.717) is 5.69 Å². The van der Waals surface area contributed by atoms with Gasteiger partial charge in [0.2, 0.25) is 10.0 Å². The van der Waals surface area contributed by atoms with E-state index in [1.165, 1.54) is 16.5 Å². The van der Waals surface area contributed by atoms with Crippen molar-refractivity contribution in [2.75, 3.05) is 17.1 Å². The molecule has 0 aliphatic heterocycles. The second kappa shape index (κ2) is 8.33. The van der Waals surface area contributed by atoms with Crippen molar-refractivity contribution in [1.82, 2.24) is 5.43 Å². The second-order valence-corrected chi connectivity index (χ2v) is 10.1. The maximum Gasteiger partial charge on any atom is 0.260 e. The van der Waals surface area contributed by atoms with Crippen LogP contribution in [0.1, 0.15) is 16.7 Å². The molecule has 33 heavy (non-hydrogen) atoms. The summed E-state index contributed by atoms with van der Waals surface area (Å²) in [5, 5.41) is 8.15. The Morgan fingerprint density at radius 2 is 1.64 bits per heavy atom.